The minimum absolute atomic E-state index is 0.134. The summed E-state index contributed by atoms with van der Waals surface area (Å²) in [7, 11) is 0. The van der Waals surface area contributed by atoms with E-state index in [9.17, 15) is 9.18 Å². The van der Waals surface area contributed by atoms with E-state index in [4.69, 9.17) is 9.98 Å². The first-order valence-corrected chi connectivity index (χ1v) is 11.0. The third-order valence-electron chi connectivity index (χ3n) is 5.03. The zero-order valence-corrected chi connectivity index (χ0v) is 18.2. The topological polar surface area (TPSA) is 53.8 Å². The molecule has 0 fully saturated rings. The molecular weight excluding hydrogens is 409 g/mol. The Hall–Kier alpha value is -3.25. The van der Waals surface area contributed by atoms with Crippen LogP contribution >= 0.6 is 11.8 Å². The number of fused-ring (bicyclic) bond motifs is 1. The van der Waals surface area contributed by atoms with Gasteiger partial charge in [-0.3, -0.25) is 9.79 Å². The molecule has 0 spiro atoms. The molecule has 156 valence electrons. The zero-order chi connectivity index (χ0) is 21.8. The molecule has 3 aromatic carbocycles. The van der Waals surface area contributed by atoms with Crippen molar-refractivity contribution in [2.75, 3.05) is 11.1 Å². The summed E-state index contributed by atoms with van der Waals surface area (Å²) in [6, 6.07) is 20.2. The summed E-state index contributed by atoms with van der Waals surface area (Å²) in [5.74, 6) is -0.596. The van der Waals surface area contributed by atoms with Crippen molar-refractivity contribution in [2.45, 2.75) is 20.3 Å². The number of rotatable bonds is 4. The van der Waals surface area contributed by atoms with Gasteiger partial charge in [-0.25, -0.2) is 9.38 Å². The number of carbonyl (C=O) groups excluding carboxylic acids is 1. The molecule has 0 aromatic heterocycles. The number of anilines is 1. The maximum Gasteiger partial charge on any atom is 0.234 e. The molecule has 3 aromatic rings. The number of aryl methyl sites for hydroxylation is 2. The maximum atomic E-state index is 13.8. The average Bonchev–Trinajstić information content (AvgIpc) is 2.94. The van der Waals surface area contributed by atoms with Gasteiger partial charge in [0, 0.05) is 6.42 Å². The molecule has 31 heavy (non-hydrogen) atoms. The molecule has 4 nitrogen and oxygen atoms in total. The lowest BCUT2D eigenvalue weighted by Gasteiger charge is -2.08. The van der Waals surface area contributed by atoms with Crippen LogP contribution in [-0.2, 0) is 4.79 Å². The van der Waals surface area contributed by atoms with Crippen LogP contribution in [0, 0.1) is 19.7 Å². The van der Waals surface area contributed by atoms with Crippen LogP contribution in [0.5, 0.6) is 0 Å². The van der Waals surface area contributed by atoms with E-state index in [0.717, 1.165) is 38.8 Å². The third kappa shape index (κ3) is 5.09. The highest BCUT2D eigenvalue weighted by Gasteiger charge is 2.18. The van der Waals surface area contributed by atoms with E-state index < -0.39 is 5.82 Å². The van der Waals surface area contributed by atoms with Gasteiger partial charge in [0.25, 0.3) is 0 Å². The molecule has 1 aliphatic rings. The van der Waals surface area contributed by atoms with Crippen molar-refractivity contribution in [3.8, 4) is 0 Å². The van der Waals surface area contributed by atoms with E-state index in [1.165, 1.54) is 17.8 Å². The van der Waals surface area contributed by atoms with E-state index in [-0.39, 0.29) is 17.3 Å². The van der Waals surface area contributed by atoms with E-state index in [1.54, 1.807) is 18.2 Å². The summed E-state index contributed by atoms with van der Waals surface area (Å²) >= 11 is 1.35. The van der Waals surface area contributed by atoms with Gasteiger partial charge in [0.1, 0.15) is 5.82 Å². The van der Waals surface area contributed by atoms with Gasteiger partial charge in [0.15, 0.2) is 0 Å². The number of benzene rings is 3. The fourth-order valence-electron chi connectivity index (χ4n) is 3.25. The van der Waals surface area contributed by atoms with Crippen LogP contribution in [0.4, 0.5) is 21.5 Å². The number of aliphatic imine (C=N–C) groups is 2. The quantitative estimate of drug-likeness (QED) is 0.522. The summed E-state index contributed by atoms with van der Waals surface area (Å²) in [6.45, 7) is 4.11. The van der Waals surface area contributed by atoms with E-state index in [1.807, 2.05) is 43.3 Å². The number of carbonyl (C=O) groups is 1. The number of nitrogens with one attached hydrogen (secondary N) is 1. The van der Waals surface area contributed by atoms with Crippen LogP contribution in [0.2, 0.25) is 0 Å². The van der Waals surface area contributed by atoms with Gasteiger partial charge < -0.3 is 5.32 Å². The Morgan fingerprint density at radius 1 is 0.968 bits per heavy atom. The Morgan fingerprint density at radius 3 is 2.32 bits per heavy atom. The summed E-state index contributed by atoms with van der Waals surface area (Å²) in [5, 5.41) is 3.42. The van der Waals surface area contributed by atoms with Gasteiger partial charge in [-0.15, -0.1) is 11.8 Å². The fraction of sp³-hybridized carbons (Fsp3) is 0.160. The van der Waals surface area contributed by atoms with Crippen LogP contribution in [-0.4, -0.2) is 22.4 Å². The highest BCUT2D eigenvalue weighted by atomic mass is 32.2. The lowest BCUT2D eigenvalue weighted by molar-refractivity contribution is -0.113. The third-order valence-corrected chi connectivity index (χ3v) is 6.01. The smallest absolute Gasteiger partial charge is 0.234 e. The zero-order valence-electron chi connectivity index (χ0n) is 17.4. The predicted molar refractivity (Wildman–Crippen MR) is 128 cm³/mol. The molecular formula is C25H22FN3OS. The molecule has 0 aliphatic carbocycles. The van der Waals surface area contributed by atoms with Crippen molar-refractivity contribution < 1.29 is 9.18 Å². The minimum Gasteiger partial charge on any atom is -0.323 e. The monoisotopic (exact) mass is 431 g/mol. The fourth-order valence-corrected chi connectivity index (χ4v) is 4.02. The van der Waals surface area contributed by atoms with E-state index >= 15 is 0 Å². The number of thioether (sulfide) groups is 1. The molecule has 1 N–H and O–H groups in total. The van der Waals surface area contributed by atoms with E-state index in [2.05, 4.69) is 18.3 Å². The Balaban J connectivity index is 1.58. The predicted octanol–water partition coefficient (Wildman–Crippen LogP) is 6.37. The molecule has 0 radical (unpaired) electrons. The second-order valence-electron chi connectivity index (χ2n) is 7.35. The second-order valence-corrected chi connectivity index (χ2v) is 8.40. The summed E-state index contributed by atoms with van der Waals surface area (Å²) < 4.78 is 13.8. The van der Waals surface area contributed by atoms with Crippen molar-refractivity contribution in [1.29, 1.82) is 0 Å². The van der Waals surface area contributed by atoms with Crippen molar-refractivity contribution in [3.63, 3.8) is 0 Å². The van der Waals surface area contributed by atoms with Crippen molar-refractivity contribution in [3.05, 3.63) is 89.2 Å². The largest absolute Gasteiger partial charge is 0.323 e. The van der Waals surface area contributed by atoms with Crippen LogP contribution < -0.4 is 5.32 Å². The molecule has 1 amide bonds. The first kappa shape index (κ1) is 21.0. The SMILES string of the molecule is Cc1cc2c(cc1C)N=C(c1ccccc1)CC(SCC(=O)Nc1ccccc1F)=N2. The Morgan fingerprint density at radius 2 is 1.61 bits per heavy atom. The molecule has 0 bridgehead atoms. The highest BCUT2D eigenvalue weighted by molar-refractivity contribution is 8.14. The van der Waals surface area contributed by atoms with Gasteiger partial charge in [-0.05, 0) is 54.8 Å². The van der Waals surface area contributed by atoms with Gasteiger partial charge in [0.2, 0.25) is 5.91 Å². The van der Waals surface area contributed by atoms with Gasteiger partial charge in [-0.2, -0.15) is 0 Å². The van der Waals surface area contributed by atoms with E-state index in [0.29, 0.717) is 6.42 Å². The molecule has 4 rings (SSSR count). The number of halogens is 1. The van der Waals surface area contributed by atoms with Crippen LogP contribution in [0.1, 0.15) is 23.1 Å². The van der Waals surface area contributed by atoms with Crippen LogP contribution in [0.15, 0.2) is 76.7 Å². The molecule has 0 saturated carbocycles. The van der Waals surface area contributed by atoms with Crippen molar-refractivity contribution in [2.24, 2.45) is 9.98 Å². The molecule has 6 heteroatoms. The molecule has 0 saturated heterocycles. The normalized spacial score (nSPS) is 13.0. The molecule has 0 unspecified atom stereocenters. The van der Waals surface area contributed by atoms with Crippen LogP contribution in [0.25, 0.3) is 0 Å². The number of hydrogen-bond donors (Lipinski definition) is 1. The standard InChI is InChI=1S/C25H22FN3OS/c1-16-12-22-23(13-17(16)2)29-25(14-21(27-22)18-8-4-3-5-9-18)31-15-24(30)28-20-11-7-6-10-19(20)26/h3-13H,14-15H2,1-2H3,(H,28,30). The average molecular weight is 432 g/mol. The highest BCUT2D eigenvalue weighted by Crippen LogP contribution is 2.36. The Kier molecular flexibility index (Phi) is 6.28. The number of nitrogens with zero attached hydrogens (tertiary/aromatic N) is 2. The lowest BCUT2D eigenvalue weighted by Crippen LogP contribution is -2.17. The first-order chi connectivity index (χ1) is 15.0. The Bertz CT molecular complexity index is 1190. The number of hydrogen-bond acceptors (Lipinski definition) is 4. The molecule has 0 atom stereocenters. The first-order valence-electron chi connectivity index (χ1n) is 9.98. The summed E-state index contributed by atoms with van der Waals surface area (Å²) in [6.07, 6.45) is 0.522. The maximum absolute atomic E-state index is 13.8. The van der Waals surface area contributed by atoms with Crippen LogP contribution in [0.3, 0.4) is 0 Å². The van der Waals surface area contributed by atoms with Crippen molar-refractivity contribution >= 4 is 45.5 Å². The number of amides is 1. The van der Waals surface area contributed by atoms with Gasteiger partial charge in [0.05, 0.1) is 33.6 Å². The molecule has 1 heterocycles. The van der Waals surface area contributed by atoms with Gasteiger partial charge >= 0.3 is 0 Å². The summed E-state index contributed by atoms with van der Waals surface area (Å²) in [4.78, 5) is 22.1. The lowest BCUT2D eigenvalue weighted by atomic mass is 10.1. The molecule has 1 aliphatic heterocycles. The van der Waals surface area contributed by atoms with Gasteiger partial charge in [-0.1, -0.05) is 42.5 Å². The number of para-hydroxylation sites is 1. The summed E-state index contributed by atoms with van der Waals surface area (Å²) in [5.41, 5.74) is 6.03. The Labute approximate surface area is 185 Å². The minimum atomic E-state index is -0.453. The van der Waals surface area contributed by atoms with Crippen molar-refractivity contribution in [1.82, 2.24) is 0 Å². The second kappa shape index (κ2) is 9.27.